The molecule has 2 aromatic rings. The van der Waals surface area contributed by atoms with Crippen LogP contribution < -0.4 is 10.2 Å². The largest absolute Gasteiger partial charge is 0.444 e. The standard InChI is InChI=1S/C34H43FN4O5/c1-22(40)39-15-13-26-17-23(11-12-29(26)39)24-9-10-25(28(35)19-24)18-27(20-36)37-30(41)34(32(2,3)4)21-38(14-8-16-43-34)31(42)44-33(5,6)7/h9-12,17,19,27H,8,13-16,18,21H2,1-7H3,(H,37,41)/t27-,34-/m0/s1. The van der Waals surface area contributed by atoms with Gasteiger partial charge in [0.2, 0.25) is 5.91 Å². The number of nitriles is 1. The summed E-state index contributed by atoms with van der Waals surface area (Å²) >= 11 is 0. The topological polar surface area (TPSA) is 112 Å². The van der Waals surface area contributed by atoms with Crippen LogP contribution in [0.5, 0.6) is 0 Å². The third-order valence-electron chi connectivity index (χ3n) is 8.19. The Kier molecular flexibility index (Phi) is 9.40. The van der Waals surface area contributed by atoms with Gasteiger partial charge in [0.05, 0.1) is 12.6 Å². The van der Waals surface area contributed by atoms with Crippen molar-refractivity contribution in [3.8, 4) is 17.2 Å². The number of amides is 3. The Morgan fingerprint density at radius 1 is 1.09 bits per heavy atom. The van der Waals surface area contributed by atoms with Crippen LogP contribution in [-0.4, -0.2) is 66.3 Å². The molecule has 0 saturated carbocycles. The fraction of sp³-hybridized carbons (Fsp3) is 0.529. The average molecular weight is 607 g/mol. The predicted molar refractivity (Wildman–Crippen MR) is 165 cm³/mol. The van der Waals surface area contributed by atoms with Gasteiger partial charge in [-0.15, -0.1) is 0 Å². The number of anilines is 1. The number of hydrogen-bond donors (Lipinski definition) is 1. The van der Waals surface area contributed by atoms with E-state index in [1.54, 1.807) is 44.7 Å². The number of ether oxygens (including phenoxy) is 2. The Hall–Kier alpha value is -3.97. The second-order valence-electron chi connectivity index (χ2n) is 13.6. The van der Waals surface area contributed by atoms with Crippen LogP contribution in [0, 0.1) is 22.6 Å². The van der Waals surface area contributed by atoms with E-state index in [0.717, 1.165) is 23.2 Å². The smallest absolute Gasteiger partial charge is 0.410 e. The molecule has 9 nitrogen and oxygen atoms in total. The summed E-state index contributed by atoms with van der Waals surface area (Å²) in [5.41, 5.74) is 0.769. The quantitative estimate of drug-likeness (QED) is 0.488. The van der Waals surface area contributed by atoms with Crippen LogP contribution in [0.15, 0.2) is 36.4 Å². The monoisotopic (exact) mass is 606 g/mol. The summed E-state index contributed by atoms with van der Waals surface area (Å²) in [6.45, 7) is 13.6. The number of hydrogen-bond acceptors (Lipinski definition) is 6. The number of halogens is 1. The normalized spacial score (nSPS) is 19.4. The van der Waals surface area contributed by atoms with Crippen molar-refractivity contribution < 1.29 is 28.2 Å². The van der Waals surface area contributed by atoms with Crippen molar-refractivity contribution in [1.29, 1.82) is 5.26 Å². The molecule has 1 N–H and O–H groups in total. The van der Waals surface area contributed by atoms with Gasteiger partial charge < -0.3 is 24.6 Å². The third kappa shape index (κ3) is 7.05. The molecule has 0 aromatic heterocycles. The van der Waals surface area contributed by atoms with Crippen LogP contribution in [0.3, 0.4) is 0 Å². The van der Waals surface area contributed by atoms with Gasteiger partial charge in [0.15, 0.2) is 5.60 Å². The SMILES string of the molecule is CC(=O)N1CCc2cc(-c3ccc(C[C@@H](C#N)NC(=O)[C@]4(C(C)(C)C)CN(C(=O)OC(C)(C)C)CCCO4)c(F)c3)ccc21. The maximum atomic E-state index is 15.4. The highest BCUT2D eigenvalue weighted by atomic mass is 19.1. The lowest BCUT2D eigenvalue weighted by Gasteiger charge is -2.44. The van der Waals surface area contributed by atoms with Gasteiger partial charge in [-0.3, -0.25) is 9.59 Å². The molecule has 2 atom stereocenters. The van der Waals surface area contributed by atoms with Crippen molar-refractivity contribution in [1.82, 2.24) is 10.2 Å². The molecule has 0 unspecified atom stereocenters. The number of nitrogens with zero attached hydrogens (tertiary/aromatic N) is 3. The number of benzene rings is 2. The zero-order valence-corrected chi connectivity index (χ0v) is 26.8. The van der Waals surface area contributed by atoms with Crippen LogP contribution in [0.4, 0.5) is 14.9 Å². The molecule has 0 bridgehead atoms. The van der Waals surface area contributed by atoms with Crippen LogP contribution in [-0.2, 0) is 31.9 Å². The van der Waals surface area contributed by atoms with E-state index in [0.29, 0.717) is 25.1 Å². The van der Waals surface area contributed by atoms with Crippen molar-refractivity contribution in [3.63, 3.8) is 0 Å². The summed E-state index contributed by atoms with van der Waals surface area (Å²) in [5, 5.41) is 12.8. The van der Waals surface area contributed by atoms with Gasteiger partial charge >= 0.3 is 6.09 Å². The summed E-state index contributed by atoms with van der Waals surface area (Å²) in [4.78, 5) is 42.0. The van der Waals surface area contributed by atoms with Crippen molar-refractivity contribution in [2.24, 2.45) is 5.41 Å². The maximum Gasteiger partial charge on any atom is 0.410 e. The fourth-order valence-corrected chi connectivity index (χ4v) is 5.73. The van der Waals surface area contributed by atoms with Crippen molar-refractivity contribution in [2.45, 2.75) is 85.0 Å². The first-order valence-corrected chi connectivity index (χ1v) is 15.1. The highest BCUT2D eigenvalue weighted by Crippen LogP contribution is 2.38. The molecule has 10 heteroatoms. The molecule has 2 heterocycles. The molecule has 3 amide bonds. The molecular weight excluding hydrogens is 563 g/mol. The van der Waals surface area contributed by atoms with Gasteiger partial charge in [0.25, 0.3) is 5.91 Å². The first-order chi connectivity index (χ1) is 20.5. The molecule has 44 heavy (non-hydrogen) atoms. The van der Waals surface area contributed by atoms with E-state index in [4.69, 9.17) is 9.47 Å². The lowest BCUT2D eigenvalue weighted by atomic mass is 9.75. The van der Waals surface area contributed by atoms with Gasteiger partial charge in [0.1, 0.15) is 17.5 Å². The highest BCUT2D eigenvalue weighted by molar-refractivity contribution is 5.94. The van der Waals surface area contributed by atoms with Gasteiger partial charge in [-0.25, -0.2) is 9.18 Å². The molecule has 2 aliphatic rings. The van der Waals surface area contributed by atoms with Gasteiger partial charge in [-0.1, -0.05) is 39.0 Å². The molecule has 0 aliphatic carbocycles. The molecular formula is C34H43FN4O5. The Balaban J connectivity index is 1.52. The van der Waals surface area contributed by atoms with Crippen molar-refractivity contribution in [3.05, 3.63) is 53.3 Å². The predicted octanol–water partition coefficient (Wildman–Crippen LogP) is 5.39. The zero-order valence-electron chi connectivity index (χ0n) is 26.8. The minimum atomic E-state index is -1.47. The Labute approximate surface area is 259 Å². The summed E-state index contributed by atoms with van der Waals surface area (Å²) in [7, 11) is 0. The Bertz CT molecular complexity index is 1470. The number of nitrogens with one attached hydrogen (secondary N) is 1. The van der Waals surface area contributed by atoms with E-state index in [9.17, 15) is 19.6 Å². The van der Waals surface area contributed by atoms with E-state index in [1.807, 2.05) is 39.0 Å². The van der Waals surface area contributed by atoms with E-state index in [-0.39, 0.29) is 31.0 Å². The summed E-state index contributed by atoms with van der Waals surface area (Å²) < 4.78 is 27.2. The van der Waals surface area contributed by atoms with E-state index in [1.165, 1.54) is 11.0 Å². The fourth-order valence-electron chi connectivity index (χ4n) is 5.73. The molecule has 236 valence electrons. The summed E-state index contributed by atoms with van der Waals surface area (Å²) in [5.74, 6) is -1.04. The molecule has 2 aromatic carbocycles. The third-order valence-corrected chi connectivity index (χ3v) is 8.19. The summed E-state index contributed by atoms with van der Waals surface area (Å²) in [6.07, 6.45) is 0.663. The number of fused-ring (bicyclic) bond motifs is 1. The molecule has 1 fully saturated rings. The van der Waals surface area contributed by atoms with Crippen LogP contribution in [0.25, 0.3) is 11.1 Å². The minimum absolute atomic E-state index is 0.00886. The van der Waals surface area contributed by atoms with E-state index < -0.39 is 40.5 Å². The highest BCUT2D eigenvalue weighted by Gasteiger charge is 2.53. The minimum Gasteiger partial charge on any atom is -0.444 e. The van der Waals surface area contributed by atoms with Crippen molar-refractivity contribution >= 4 is 23.6 Å². The number of carbonyl (C=O) groups is 3. The van der Waals surface area contributed by atoms with Crippen molar-refractivity contribution in [2.75, 3.05) is 31.1 Å². The van der Waals surface area contributed by atoms with Gasteiger partial charge in [-0.2, -0.15) is 5.26 Å². The van der Waals surface area contributed by atoms with Gasteiger partial charge in [0, 0.05) is 44.1 Å². The molecule has 4 rings (SSSR count). The first kappa shape index (κ1) is 32.9. The van der Waals surface area contributed by atoms with Crippen LogP contribution in [0.1, 0.15) is 66.0 Å². The number of rotatable bonds is 5. The van der Waals surface area contributed by atoms with Gasteiger partial charge in [-0.05, 0) is 74.1 Å². The van der Waals surface area contributed by atoms with Crippen LogP contribution in [0.2, 0.25) is 0 Å². The Morgan fingerprint density at radius 3 is 2.39 bits per heavy atom. The molecule has 0 radical (unpaired) electrons. The van der Waals surface area contributed by atoms with E-state index >= 15 is 4.39 Å². The molecule has 0 spiro atoms. The first-order valence-electron chi connectivity index (χ1n) is 15.1. The lowest BCUT2D eigenvalue weighted by Crippen LogP contribution is -2.63. The zero-order chi connectivity index (χ0) is 32.4. The molecule has 1 saturated heterocycles. The second-order valence-corrected chi connectivity index (χ2v) is 13.6. The Morgan fingerprint density at radius 2 is 1.77 bits per heavy atom. The van der Waals surface area contributed by atoms with E-state index in [2.05, 4.69) is 11.4 Å². The van der Waals surface area contributed by atoms with Crippen LogP contribution >= 0.6 is 0 Å². The average Bonchev–Trinajstić information content (AvgIpc) is 3.21. The second kappa shape index (κ2) is 12.6. The number of carbonyl (C=O) groups excluding carboxylic acids is 3. The maximum absolute atomic E-state index is 15.4. The lowest BCUT2D eigenvalue weighted by molar-refractivity contribution is -0.165. The molecule has 2 aliphatic heterocycles. The summed E-state index contributed by atoms with van der Waals surface area (Å²) in [6, 6.07) is 11.6.